The molecule has 1 saturated heterocycles. The number of rotatable bonds is 4. The average molecular weight is 266 g/mol. The van der Waals surface area contributed by atoms with Gasteiger partial charge in [-0.15, -0.1) is 0 Å². The van der Waals surface area contributed by atoms with Crippen molar-refractivity contribution in [3.05, 3.63) is 24.2 Å². The zero-order chi connectivity index (χ0) is 13.9. The molecule has 0 aliphatic carbocycles. The maximum atomic E-state index is 11.9. The smallest absolute Gasteiger partial charge is 0.317 e. The Morgan fingerprint density at radius 1 is 1.58 bits per heavy atom. The van der Waals surface area contributed by atoms with Crippen LogP contribution in [0, 0.1) is 5.41 Å². The largest absolute Gasteiger partial charge is 0.481 e. The van der Waals surface area contributed by atoms with Crippen molar-refractivity contribution in [1.29, 1.82) is 0 Å². The first-order valence-electron chi connectivity index (χ1n) is 6.36. The summed E-state index contributed by atoms with van der Waals surface area (Å²) in [5.74, 6) is -0.149. The van der Waals surface area contributed by atoms with Gasteiger partial charge >= 0.3 is 12.0 Å². The number of carbonyl (C=O) groups excluding carboxylic acids is 1. The molecule has 1 aliphatic rings. The SMILES string of the molecule is CCC1(C(=O)O)CCN(C(=O)NCc2ccco2)C1. The Labute approximate surface area is 111 Å². The molecular formula is C13H18N2O4. The Hall–Kier alpha value is -1.98. The molecule has 1 aromatic rings. The molecule has 0 aromatic carbocycles. The summed E-state index contributed by atoms with van der Waals surface area (Å²) in [5.41, 5.74) is -0.790. The molecule has 1 atom stereocenters. The number of hydrogen-bond acceptors (Lipinski definition) is 3. The second kappa shape index (κ2) is 5.34. The molecule has 0 saturated carbocycles. The summed E-state index contributed by atoms with van der Waals surface area (Å²) in [6.45, 7) is 2.90. The van der Waals surface area contributed by atoms with Crippen LogP contribution in [0.2, 0.25) is 0 Å². The number of likely N-dealkylation sites (tertiary alicyclic amines) is 1. The number of aliphatic carboxylic acids is 1. The summed E-state index contributed by atoms with van der Waals surface area (Å²) < 4.78 is 5.12. The minimum atomic E-state index is -0.823. The Balaban J connectivity index is 1.89. The molecule has 2 rings (SSSR count). The third-order valence-corrected chi connectivity index (χ3v) is 3.77. The number of carboxylic acid groups (broad SMARTS) is 1. The Morgan fingerprint density at radius 2 is 2.37 bits per heavy atom. The van der Waals surface area contributed by atoms with Crippen LogP contribution < -0.4 is 5.32 Å². The molecule has 6 heteroatoms. The minimum absolute atomic E-state index is 0.243. The lowest BCUT2D eigenvalue weighted by atomic mass is 9.84. The number of hydrogen-bond donors (Lipinski definition) is 2. The Kier molecular flexibility index (Phi) is 3.78. The molecule has 2 N–H and O–H groups in total. The van der Waals surface area contributed by atoms with Crippen LogP contribution >= 0.6 is 0 Å². The van der Waals surface area contributed by atoms with Gasteiger partial charge in [0.2, 0.25) is 0 Å². The number of urea groups is 1. The van der Waals surface area contributed by atoms with E-state index in [-0.39, 0.29) is 12.6 Å². The molecule has 1 aromatic heterocycles. The molecular weight excluding hydrogens is 248 g/mol. The van der Waals surface area contributed by atoms with Crippen molar-refractivity contribution in [2.45, 2.75) is 26.3 Å². The summed E-state index contributed by atoms with van der Waals surface area (Å²) in [4.78, 5) is 24.8. The number of nitrogens with zero attached hydrogens (tertiary/aromatic N) is 1. The van der Waals surface area contributed by atoms with E-state index in [2.05, 4.69) is 5.32 Å². The van der Waals surface area contributed by atoms with Crippen LogP contribution in [0.3, 0.4) is 0 Å². The third kappa shape index (κ3) is 2.72. The van der Waals surface area contributed by atoms with Gasteiger partial charge in [-0.1, -0.05) is 6.92 Å². The average Bonchev–Trinajstić information content (AvgIpc) is 3.05. The topological polar surface area (TPSA) is 82.8 Å². The highest BCUT2D eigenvalue weighted by molar-refractivity contribution is 5.79. The van der Waals surface area contributed by atoms with Gasteiger partial charge in [0.15, 0.2) is 0 Å². The van der Waals surface area contributed by atoms with Crippen LogP contribution in [-0.4, -0.2) is 35.1 Å². The van der Waals surface area contributed by atoms with Crippen LogP contribution in [0.25, 0.3) is 0 Å². The minimum Gasteiger partial charge on any atom is -0.481 e. The van der Waals surface area contributed by atoms with Crippen LogP contribution in [0.4, 0.5) is 4.79 Å². The van der Waals surface area contributed by atoms with Crippen molar-refractivity contribution in [2.24, 2.45) is 5.41 Å². The lowest BCUT2D eigenvalue weighted by molar-refractivity contribution is -0.148. The third-order valence-electron chi connectivity index (χ3n) is 3.77. The van der Waals surface area contributed by atoms with E-state index in [0.717, 1.165) is 0 Å². The lowest BCUT2D eigenvalue weighted by Gasteiger charge is -2.23. The quantitative estimate of drug-likeness (QED) is 0.868. The van der Waals surface area contributed by atoms with E-state index in [1.54, 1.807) is 23.3 Å². The van der Waals surface area contributed by atoms with Gasteiger partial charge in [0.25, 0.3) is 0 Å². The van der Waals surface area contributed by atoms with E-state index >= 15 is 0 Å². The summed E-state index contributed by atoms with van der Waals surface area (Å²) >= 11 is 0. The van der Waals surface area contributed by atoms with E-state index in [0.29, 0.717) is 31.7 Å². The van der Waals surface area contributed by atoms with Crippen LogP contribution in [0.15, 0.2) is 22.8 Å². The van der Waals surface area contributed by atoms with E-state index in [1.165, 1.54) is 0 Å². The standard InChI is InChI=1S/C13H18N2O4/c1-2-13(11(16)17)5-6-15(9-13)12(18)14-8-10-4-3-7-19-10/h3-4,7H,2,5-6,8-9H2,1H3,(H,14,18)(H,16,17). The molecule has 19 heavy (non-hydrogen) atoms. The van der Waals surface area contributed by atoms with Crippen molar-refractivity contribution < 1.29 is 19.1 Å². The predicted octanol–water partition coefficient (Wildman–Crippen LogP) is 1.68. The van der Waals surface area contributed by atoms with Gasteiger partial charge < -0.3 is 19.7 Å². The van der Waals surface area contributed by atoms with Gasteiger partial charge in [-0.3, -0.25) is 4.79 Å². The first-order valence-corrected chi connectivity index (χ1v) is 6.36. The highest BCUT2D eigenvalue weighted by Crippen LogP contribution is 2.34. The van der Waals surface area contributed by atoms with Crippen molar-refractivity contribution in [1.82, 2.24) is 10.2 Å². The normalized spacial score (nSPS) is 22.5. The second-order valence-electron chi connectivity index (χ2n) is 4.85. The van der Waals surface area contributed by atoms with E-state index in [9.17, 15) is 14.7 Å². The molecule has 0 bridgehead atoms. The molecule has 0 spiro atoms. The van der Waals surface area contributed by atoms with E-state index in [4.69, 9.17) is 4.42 Å². The fourth-order valence-electron chi connectivity index (χ4n) is 2.35. The summed E-state index contributed by atoms with van der Waals surface area (Å²) in [5, 5.41) is 12.0. The number of amides is 2. The predicted molar refractivity (Wildman–Crippen MR) is 67.5 cm³/mol. The monoisotopic (exact) mass is 266 g/mol. The zero-order valence-electron chi connectivity index (χ0n) is 10.9. The maximum absolute atomic E-state index is 11.9. The number of carbonyl (C=O) groups is 2. The fourth-order valence-corrected chi connectivity index (χ4v) is 2.35. The number of carboxylic acids is 1. The van der Waals surface area contributed by atoms with Crippen molar-refractivity contribution in [3.8, 4) is 0 Å². The molecule has 2 heterocycles. The van der Waals surface area contributed by atoms with Crippen LogP contribution in [0.1, 0.15) is 25.5 Å². The van der Waals surface area contributed by atoms with Gasteiger partial charge in [0.05, 0.1) is 18.2 Å². The van der Waals surface area contributed by atoms with Crippen molar-refractivity contribution in [2.75, 3.05) is 13.1 Å². The Morgan fingerprint density at radius 3 is 2.89 bits per heavy atom. The highest BCUT2D eigenvalue weighted by Gasteiger charge is 2.44. The first-order chi connectivity index (χ1) is 9.07. The molecule has 1 aliphatic heterocycles. The number of nitrogens with one attached hydrogen (secondary N) is 1. The van der Waals surface area contributed by atoms with Crippen molar-refractivity contribution >= 4 is 12.0 Å². The van der Waals surface area contributed by atoms with Gasteiger partial charge in [0.1, 0.15) is 5.76 Å². The summed E-state index contributed by atoms with van der Waals surface area (Å²) in [6, 6.07) is 3.29. The molecule has 2 amide bonds. The zero-order valence-corrected chi connectivity index (χ0v) is 10.9. The Bertz CT molecular complexity index is 457. The molecule has 104 valence electrons. The van der Waals surface area contributed by atoms with Gasteiger partial charge in [-0.25, -0.2) is 4.79 Å². The first kappa shape index (κ1) is 13.5. The van der Waals surface area contributed by atoms with Gasteiger partial charge in [-0.2, -0.15) is 0 Å². The molecule has 1 unspecified atom stereocenters. The molecule has 1 fully saturated rings. The second-order valence-corrected chi connectivity index (χ2v) is 4.85. The lowest BCUT2D eigenvalue weighted by Crippen LogP contribution is -2.41. The number of furan rings is 1. The van der Waals surface area contributed by atoms with E-state index in [1.807, 2.05) is 6.92 Å². The van der Waals surface area contributed by atoms with Crippen LogP contribution in [-0.2, 0) is 11.3 Å². The van der Waals surface area contributed by atoms with Gasteiger partial charge in [-0.05, 0) is 25.0 Å². The van der Waals surface area contributed by atoms with Crippen molar-refractivity contribution in [3.63, 3.8) is 0 Å². The fraction of sp³-hybridized carbons (Fsp3) is 0.538. The molecule has 6 nitrogen and oxygen atoms in total. The van der Waals surface area contributed by atoms with Crippen LogP contribution in [0.5, 0.6) is 0 Å². The highest BCUT2D eigenvalue weighted by atomic mass is 16.4. The molecule has 0 radical (unpaired) electrons. The van der Waals surface area contributed by atoms with Gasteiger partial charge in [0, 0.05) is 13.1 Å². The summed E-state index contributed by atoms with van der Waals surface area (Å²) in [6.07, 6.45) is 2.58. The van der Waals surface area contributed by atoms with E-state index < -0.39 is 11.4 Å². The maximum Gasteiger partial charge on any atom is 0.317 e. The summed E-state index contributed by atoms with van der Waals surface area (Å²) in [7, 11) is 0.